The fourth-order valence-corrected chi connectivity index (χ4v) is 3.91. The number of esters is 1. The summed E-state index contributed by atoms with van der Waals surface area (Å²) in [6, 6.07) is 13.9. The molecule has 1 heterocycles. The summed E-state index contributed by atoms with van der Waals surface area (Å²) >= 11 is 1.29. The van der Waals surface area contributed by atoms with Gasteiger partial charge in [0, 0.05) is 10.5 Å². The molecule has 7 nitrogen and oxygen atoms in total. The molecule has 0 fully saturated rings. The van der Waals surface area contributed by atoms with E-state index in [0.717, 1.165) is 4.90 Å². The highest BCUT2D eigenvalue weighted by Crippen LogP contribution is 2.36. The van der Waals surface area contributed by atoms with Crippen molar-refractivity contribution < 1.29 is 23.9 Å². The van der Waals surface area contributed by atoms with Crippen LogP contribution in [0.2, 0.25) is 0 Å². The number of rotatable bonds is 6. The van der Waals surface area contributed by atoms with Gasteiger partial charge in [0.15, 0.2) is 11.9 Å². The highest BCUT2D eigenvalue weighted by molar-refractivity contribution is 8.01. The Morgan fingerprint density at radius 2 is 1.83 bits per heavy atom. The third-order valence-corrected chi connectivity index (χ3v) is 5.58. The number of anilines is 2. The molecular formula is C21H20N2O5S. The van der Waals surface area contributed by atoms with Crippen LogP contribution in [0, 0.1) is 0 Å². The first-order valence-electron chi connectivity index (χ1n) is 9.02. The number of hydrogen-bond acceptors (Lipinski definition) is 6. The number of para-hydroxylation sites is 2. The fourth-order valence-electron chi connectivity index (χ4n) is 2.81. The van der Waals surface area contributed by atoms with Gasteiger partial charge in [-0.25, -0.2) is 0 Å². The SMILES string of the molecule is CC(=O)c1ccccc1NC(=O)[C@H](C)OC(=O)C[C@@H]1Sc2ccccc2NC1=O. The molecule has 0 unspecified atom stereocenters. The molecule has 0 radical (unpaired) electrons. The monoisotopic (exact) mass is 412 g/mol. The number of fused-ring (bicyclic) bond motifs is 1. The topological polar surface area (TPSA) is 102 Å². The maximum atomic E-state index is 12.4. The van der Waals surface area contributed by atoms with Crippen LogP contribution in [0.1, 0.15) is 30.6 Å². The number of benzene rings is 2. The van der Waals surface area contributed by atoms with Crippen molar-refractivity contribution >= 4 is 46.7 Å². The molecule has 1 aliphatic heterocycles. The summed E-state index contributed by atoms with van der Waals surface area (Å²) in [5.41, 5.74) is 1.43. The molecule has 29 heavy (non-hydrogen) atoms. The van der Waals surface area contributed by atoms with Crippen molar-refractivity contribution in [2.24, 2.45) is 0 Å². The van der Waals surface area contributed by atoms with Gasteiger partial charge >= 0.3 is 5.97 Å². The molecule has 2 aromatic carbocycles. The average molecular weight is 412 g/mol. The zero-order valence-electron chi connectivity index (χ0n) is 15.9. The minimum Gasteiger partial charge on any atom is -0.452 e. The second-order valence-corrected chi connectivity index (χ2v) is 7.76. The Morgan fingerprint density at radius 3 is 2.59 bits per heavy atom. The highest BCUT2D eigenvalue weighted by Gasteiger charge is 2.30. The van der Waals surface area contributed by atoms with Crippen LogP contribution >= 0.6 is 11.8 Å². The minimum atomic E-state index is -1.08. The Balaban J connectivity index is 1.57. The third kappa shape index (κ3) is 5.03. The summed E-state index contributed by atoms with van der Waals surface area (Å²) in [5, 5.41) is 4.73. The van der Waals surface area contributed by atoms with E-state index in [1.54, 1.807) is 30.3 Å². The Labute approximate surface area is 172 Å². The molecule has 1 aliphatic rings. The molecule has 150 valence electrons. The summed E-state index contributed by atoms with van der Waals surface area (Å²) < 4.78 is 5.19. The first-order chi connectivity index (χ1) is 13.8. The number of ketones is 1. The second-order valence-electron chi connectivity index (χ2n) is 6.52. The van der Waals surface area contributed by atoms with E-state index in [1.807, 2.05) is 18.2 Å². The predicted octanol–water partition coefficient (Wildman–Crippen LogP) is 3.26. The van der Waals surface area contributed by atoms with E-state index < -0.39 is 23.2 Å². The van der Waals surface area contributed by atoms with E-state index in [0.29, 0.717) is 16.9 Å². The molecule has 2 aromatic rings. The molecule has 0 aromatic heterocycles. The number of thioether (sulfide) groups is 1. The van der Waals surface area contributed by atoms with Gasteiger partial charge in [0.2, 0.25) is 5.91 Å². The van der Waals surface area contributed by atoms with Crippen LogP contribution in [0.15, 0.2) is 53.4 Å². The number of nitrogens with one attached hydrogen (secondary N) is 2. The van der Waals surface area contributed by atoms with Crippen LogP contribution < -0.4 is 10.6 Å². The van der Waals surface area contributed by atoms with Crippen molar-refractivity contribution in [3.63, 3.8) is 0 Å². The number of carbonyl (C=O) groups excluding carboxylic acids is 4. The molecular weight excluding hydrogens is 392 g/mol. The molecule has 0 saturated carbocycles. The molecule has 8 heteroatoms. The van der Waals surface area contributed by atoms with Crippen molar-refractivity contribution in [1.82, 2.24) is 0 Å². The van der Waals surface area contributed by atoms with Crippen LogP contribution in [0.25, 0.3) is 0 Å². The standard InChI is InChI=1S/C21H20N2O5S/c1-12(24)14-7-3-4-8-15(14)22-20(26)13(2)28-19(25)11-18-21(27)23-16-9-5-6-10-17(16)29-18/h3-10,13,18H,11H2,1-2H3,(H,22,26)(H,23,27)/t13-,18-/m0/s1. The lowest BCUT2D eigenvalue weighted by Crippen LogP contribution is -2.34. The van der Waals surface area contributed by atoms with Crippen molar-refractivity contribution in [1.29, 1.82) is 0 Å². The normalized spacial score (nSPS) is 16.2. The van der Waals surface area contributed by atoms with Crippen LogP contribution in [0.5, 0.6) is 0 Å². The second kappa shape index (κ2) is 8.91. The summed E-state index contributed by atoms with van der Waals surface area (Å²) in [6.45, 7) is 2.84. The van der Waals surface area contributed by atoms with Crippen molar-refractivity contribution in [2.45, 2.75) is 36.5 Å². The van der Waals surface area contributed by atoms with Gasteiger partial charge < -0.3 is 15.4 Å². The largest absolute Gasteiger partial charge is 0.452 e. The van der Waals surface area contributed by atoms with Gasteiger partial charge in [-0.3, -0.25) is 19.2 Å². The molecule has 0 aliphatic carbocycles. The number of amides is 2. The van der Waals surface area contributed by atoms with Gasteiger partial charge in [-0.1, -0.05) is 24.3 Å². The number of Topliss-reactive ketones (excluding diaryl/α,β-unsaturated/α-hetero) is 1. The number of hydrogen-bond donors (Lipinski definition) is 2. The third-order valence-electron chi connectivity index (χ3n) is 4.30. The summed E-state index contributed by atoms with van der Waals surface area (Å²) in [6.07, 6.45) is -1.24. The lowest BCUT2D eigenvalue weighted by molar-refractivity contribution is -0.153. The van der Waals surface area contributed by atoms with Gasteiger partial charge in [0.25, 0.3) is 5.91 Å². The first-order valence-corrected chi connectivity index (χ1v) is 9.90. The van der Waals surface area contributed by atoms with E-state index in [1.165, 1.54) is 25.6 Å². The van der Waals surface area contributed by atoms with Crippen molar-refractivity contribution in [3.8, 4) is 0 Å². The van der Waals surface area contributed by atoms with Crippen molar-refractivity contribution in [3.05, 3.63) is 54.1 Å². The lowest BCUT2D eigenvalue weighted by Gasteiger charge is -2.23. The van der Waals surface area contributed by atoms with E-state index in [-0.39, 0.29) is 18.1 Å². The average Bonchev–Trinajstić information content (AvgIpc) is 2.68. The van der Waals surface area contributed by atoms with Gasteiger partial charge in [0.1, 0.15) is 0 Å². The molecule has 0 saturated heterocycles. The molecule has 0 spiro atoms. The minimum absolute atomic E-state index is 0.160. The summed E-state index contributed by atoms with van der Waals surface area (Å²) in [5.74, 6) is -1.68. The Hall–Kier alpha value is -3.13. The van der Waals surface area contributed by atoms with Crippen LogP contribution in [-0.2, 0) is 19.1 Å². The van der Waals surface area contributed by atoms with Gasteiger partial charge in [0.05, 0.1) is 23.0 Å². The van der Waals surface area contributed by atoms with E-state index >= 15 is 0 Å². The molecule has 0 bridgehead atoms. The Bertz CT molecular complexity index is 975. The maximum absolute atomic E-state index is 12.4. The van der Waals surface area contributed by atoms with Crippen LogP contribution in [0.3, 0.4) is 0 Å². The van der Waals surface area contributed by atoms with E-state index in [2.05, 4.69) is 10.6 Å². The van der Waals surface area contributed by atoms with Crippen LogP contribution in [0.4, 0.5) is 11.4 Å². The Kier molecular flexibility index (Phi) is 6.33. The van der Waals surface area contributed by atoms with Crippen LogP contribution in [-0.4, -0.2) is 34.9 Å². The van der Waals surface area contributed by atoms with Gasteiger partial charge in [-0.05, 0) is 38.1 Å². The number of ether oxygens (including phenoxy) is 1. The zero-order chi connectivity index (χ0) is 21.0. The predicted molar refractivity (Wildman–Crippen MR) is 110 cm³/mol. The molecule has 3 rings (SSSR count). The highest BCUT2D eigenvalue weighted by atomic mass is 32.2. The quantitative estimate of drug-likeness (QED) is 0.558. The smallest absolute Gasteiger partial charge is 0.308 e. The summed E-state index contributed by atoms with van der Waals surface area (Å²) in [7, 11) is 0. The molecule has 2 N–H and O–H groups in total. The van der Waals surface area contributed by atoms with E-state index in [9.17, 15) is 19.2 Å². The fraction of sp³-hybridized carbons (Fsp3) is 0.238. The molecule has 2 atom stereocenters. The summed E-state index contributed by atoms with van der Waals surface area (Å²) in [4.78, 5) is 49.4. The zero-order valence-corrected chi connectivity index (χ0v) is 16.7. The Morgan fingerprint density at radius 1 is 1.14 bits per heavy atom. The lowest BCUT2D eigenvalue weighted by atomic mass is 10.1. The first kappa shape index (κ1) is 20.6. The molecule has 2 amide bonds. The van der Waals surface area contributed by atoms with Crippen molar-refractivity contribution in [2.75, 3.05) is 10.6 Å². The van der Waals surface area contributed by atoms with Gasteiger partial charge in [-0.15, -0.1) is 11.8 Å². The van der Waals surface area contributed by atoms with Gasteiger partial charge in [-0.2, -0.15) is 0 Å². The number of carbonyl (C=O) groups is 4. The maximum Gasteiger partial charge on any atom is 0.308 e. The van der Waals surface area contributed by atoms with E-state index in [4.69, 9.17) is 4.74 Å².